The average molecular weight is 264 g/mol. The second-order valence-corrected chi connectivity index (χ2v) is 5.00. The van der Waals surface area contributed by atoms with Crippen LogP contribution >= 0.6 is 0 Å². The lowest BCUT2D eigenvalue weighted by Crippen LogP contribution is -2.35. The van der Waals surface area contributed by atoms with Crippen LogP contribution in [0.3, 0.4) is 0 Å². The zero-order chi connectivity index (χ0) is 13.8. The van der Waals surface area contributed by atoms with Crippen LogP contribution in [0.5, 0.6) is 0 Å². The molecule has 104 valence electrons. The number of anilines is 2. The number of nitrogens with two attached hydrogens (primary N) is 1. The quantitative estimate of drug-likeness (QED) is 0.483. The van der Waals surface area contributed by atoms with Gasteiger partial charge in [0.05, 0.1) is 16.3 Å². The zero-order valence-corrected chi connectivity index (χ0v) is 11.1. The molecule has 2 rings (SSSR count). The standard InChI is InChI=1S/C13H20N4O2/c1-10(16-6-2-3-7-16)9-15-13-5-4-11(17(18)19)8-12(13)14/h4-5,8,10,15H,2-3,6-7,9,14H2,1H3. The van der Waals surface area contributed by atoms with Gasteiger partial charge in [-0.2, -0.15) is 0 Å². The van der Waals surface area contributed by atoms with E-state index in [0.29, 0.717) is 11.7 Å². The molecule has 1 aliphatic rings. The van der Waals surface area contributed by atoms with E-state index in [1.807, 2.05) is 0 Å². The van der Waals surface area contributed by atoms with E-state index in [4.69, 9.17) is 5.73 Å². The molecule has 1 aromatic rings. The van der Waals surface area contributed by atoms with Crippen molar-refractivity contribution in [3.8, 4) is 0 Å². The molecule has 1 atom stereocenters. The summed E-state index contributed by atoms with van der Waals surface area (Å²) in [6, 6.07) is 4.98. The molecule has 0 aliphatic carbocycles. The van der Waals surface area contributed by atoms with Crippen molar-refractivity contribution < 1.29 is 4.92 Å². The van der Waals surface area contributed by atoms with Gasteiger partial charge in [-0.05, 0) is 38.9 Å². The molecule has 1 heterocycles. The first kappa shape index (κ1) is 13.6. The lowest BCUT2D eigenvalue weighted by Gasteiger charge is -2.24. The molecule has 0 spiro atoms. The van der Waals surface area contributed by atoms with Gasteiger partial charge in [-0.1, -0.05) is 0 Å². The van der Waals surface area contributed by atoms with Gasteiger partial charge >= 0.3 is 0 Å². The maximum atomic E-state index is 10.6. The third-order valence-corrected chi connectivity index (χ3v) is 3.60. The van der Waals surface area contributed by atoms with E-state index < -0.39 is 4.92 Å². The Labute approximate surface area is 112 Å². The van der Waals surface area contributed by atoms with Gasteiger partial charge in [-0.25, -0.2) is 0 Å². The topological polar surface area (TPSA) is 84.4 Å². The summed E-state index contributed by atoms with van der Waals surface area (Å²) >= 11 is 0. The predicted molar refractivity (Wildman–Crippen MR) is 76.3 cm³/mol. The second kappa shape index (κ2) is 5.88. The smallest absolute Gasteiger partial charge is 0.271 e. The van der Waals surface area contributed by atoms with E-state index in [2.05, 4.69) is 17.1 Å². The molecule has 0 saturated carbocycles. The molecule has 1 aliphatic heterocycles. The number of nitrogens with one attached hydrogen (secondary N) is 1. The highest BCUT2D eigenvalue weighted by Crippen LogP contribution is 2.24. The van der Waals surface area contributed by atoms with Gasteiger partial charge in [0.2, 0.25) is 0 Å². The number of hydrogen-bond acceptors (Lipinski definition) is 5. The summed E-state index contributed by atoms with van der Waals surface area (Å²) in [7, 11) is 0. The molecule has 6 heteroatoms. The Morgan fingerprint density at radius 3 is 2.74 bits per heavy atom. The molecule has 0 aromatic heterocycles. The van der Waals surface area contributed by atoms with Crippen LogP contribution in [0.4, 0.5) is 17.1 Å². The molecule has 1 saturated heterocycles. The van der Waals surface area contributed by atoms with Gasteiger partial charge < -0.3 is 11.1 Å². The molecule has 19 heavy (non-hydrogen) atoms. The Hall–Kier alpha value is -1.82. The van der Waals surface area contributed by atoms with E-state index in [1.54, 1.807) is 6.07 Å². The molecule has 1 aromatic carbocycles. The van der Waals surface area contributed by atoms with Crippen molar-refractivity contribution >= 4 is 17.1 Å². The van der Waals surface area contributed by atoms with E-state index in [1.165, 1.54) is 25.0 Å². The van der Waals surface area contributed by atoms with Crippen molar-refractivity contribution in [1.82, 2.24) is 4.90 Å². The molecule has 6 nitrogen and oxygen atoms in total. The maximum Gasteiger partial charge on any atom is 0.271 e. The number of nitro groups is 1. The van der Waals surface area contributed by atoms with Gasteiger partial charge in [-0.3, -0.25) is 15.0 Å². The van der Waals surface area contributed by atoms with Crippen molar-refractivity contribution in [1.29, 1.82) is 0 Å². The third kappa shape index (κ3) is 3.35. The first-order chi connectivity index (χ1) is 9.08. The van der Waals surface area contributed by atoms with Crippen LogP contribution in [0, 0.1) is 10.1 Å². The summed E-state index contributed by atoms with van der Waals surface area (Å²) in [6.45, 7) is 5.28. The number of nitrogen functional groups attached to an aromatic ring is 1. The second-order valence-electron chi connectivity index (χ2n) is 5.00. The largest absolute Gasteiger partial charge is 0.397 e. The fourth-order valence-corrected chi connectivity index (χ4v) is 2.39. The van der Waals surface area contributed by atoms with Crippen LogP contribution in [0.25, 0.3) is 0 Å². The SMILES string of the molecule is CC(CNc1ccc([N+](=O)[O-])cc1N)N1CCCC1. The predicted octanol–water partition coefficient (Wildman–Crippen LogP) is 2.07. The highest BCUT2D eigenvalue weighted by molar-refractivity contribution is 5.69. The fourth-order valence-electron chi connectivity index (χ4n) is 2.39. The number of non-ortho nitro benzene ring substituents is 1. The number of hydrogen-bond donors (Lipinski definition) is 2. The number of likely N-dealkylation sites (tertiary alicyclic amines) is 1. The van der Waals surface area contributed by atoms with Crippen LogP contribution in [0.1, 0.15) is 19.8 Å². The first-order valence-corrected chi connectivity index (χ1v) is 6.60. The Bertz CT molecular complexity index is 458. The van der Waals surface area contributed by atoms with E-state index in [-0.39, 0.29) is 5.69 Å². The Balaban J connectivity index is 1.93. The average Bonchev–Trinajstić information content (AvgIpc) is 2.90. The van der Waals surface area contributed by atoms with Crippen LogP contribution in [0.15, 0.2) is 18.2 Å². The molecule has 1 unspecified atom stereocenters. The fraction of sp³-hybridized carbons (Fsp3) is 0.538. The monoisotopic (exact) mass is 264 g/mol. The van der Waals surface area contributed by atoms with Crippen molar-refractivity contribution in [3.05, 3.63) is 28.3 Å². The van der Waals surface area contributed by atoms with Gasteiger partial charge in [-0.15, -0.1) is 0 Å². The lowest BCUT2D eigenvalue weighted by molar-refractivity contribution is -0.384. The molecular formula is C13H20N4O2. The van der Waals surface area contributed by atoms with Crippen LogP contribution in [-0.2, 0) is 0 Å². The summed E-state index contributed by atoms with van der Waals surface area (Å²) in [5.74, 6) is 0. The third-order valence-electron chi connectivity index (χ3n) is 3.60. The summed E-state index contributed by atoms with van der Waals surface area (Å²) in [4.78, 5) is 12.6. The lowest BCUT2D eigenvalue weighted by atomic mass is 10.2. The van der Waals surface area contributed by atoms with Crippen molar-refractivity contribution in [2.24, 2.45) is 0 Å². The Morgan fingerprint density at radius 1 is 1.47 bits per heavy atom. The summed E-state index contributed by atoms with van der Waals surface area (Å²) in [6.07, 6.45) is 2.54. The first-order valence-electron chi connectivity index (χ1n) is 6.60. The molecule has 0 amide bonds. The molecule has 1 fully saturated rings. The minimum absolute atomic E-state index is 0.0237. The van der Waals surface area contributed by atoms with Gasteiger partial charge in [0.15, 0.2) is 0 Å². The van der Waals surface area contributed by atoms with Crippen molar-refractivity contribution in [3.63, 3.8) is 0 Å². The molecule has 3 N–H and O–H groups in total. The minimum Gasteiger partial charge on any atom is -0.397 e. The van der Waals surface area contributed by atoms with Gasteiger partial charge in [0.1, 0.15) is 0 Å². The van der Waals surface area contributed by atoms with Crippen molar-refractivity contribution in [2.75, 3.05) is 30.7 Å². The normalized spacial score (nSPS) is 17.3. The Kier molecular flexibility index (Phi) is 4.21. The number of benzene rings is 1. The number of rotatable bonds is 5. The van der Waals surface area contributed by atoms with Crippen LogP contribution in [-0.4, -0.2) is 35.5 Å². The molecule has 0 bridgehead atoms. The number of nitro benzene ring substituents is 1. The molecular weight excluding hydrogens is 244 g/mol. The highest BCUT2D eigenvalue weighted by atomic mass is 16.6. The van der Waals surface area contributed by atoms with E-state index >= 15 is 0 Å². The number of nitrogens with zero attached hydrogens (tertiary/aromatic N) is 2. The maximum absolute atomic E-state index is 10.6. The summed E-state index contributed by atoms with van der Waals surface area (Å²) in [5, 5.41) is 13.9. The van der Waals surface area contributed by atoms with Crippen molar-refractivity contribution in [2.45, 2.75) is 25.8 Å². The highest BCUT2D eigenvalue weighted by Gasteiger charge is 2.18. The summed E-state index contributed by atoms with van der Waals surface area (Å²) in [5.41, 5.74) is 7.02. The Morgan fingerprint density at radius 2 is 2.16 bits per heavy atom. The minimum atomic E-state index is -0.438. The van der Waals surface area contributed by atoms with Crippen LogP contribution in [0.2, 0.25) is 0 Å². The van der Waals surface area contributed by atoms with E-state index in [0.717, 1.165) is 25.3 Å². The zero-order valence-electron chi connectivity index (χ0n) is 11.1. The van der Waals surface area contributed by atoms with Crippen LogP contribution < -0.4 is 11.1 Å². The van der Waals surface area contributed by atoms with Gasteiger partial charge in [0.25, 0.3) is 5.69 Å². The van der Waals surface area contributed by atoms with E-state index in [9.17, 15) is 10.1 Å². The van der Waals surface area contributed by atoms with Gasteiger partial charge in [0, 0.05) is 24.7 Å². The summed E-state index contributed by atoms with van der Waals surface area (Å²) < 4.78 is 0. The molecule has 0 radical (unpaired) electrons.